The fraction of sp³-hybridized carbons (Fsp3) is 0.333. The number of Topliss-reactive ketones (excluding diaryl/α,β-unsaturated/α-hetero) is 1. The van der Waals surface area contributed by atoms with Crippen LogP contribution in [0.25, 0.3) is 0 Å². The van der Waals surface area contributed by atoms with E-state index in [-0.39, 0.29) is 42.9 Å². The quantitative estimate of drug-likeness (QED) is 0.303. The Bertz CT molecular complexity index is 1380. The lowest BCUT2D eigenvalue weighted by Crippen LogP contribution is -2.54. The van der Waals surface area contributed by atoms with Crippen LogP contribution in [0.3, 0.4) is 0 Å². The molecule has 0 fully saturated rings. The molecule has 0 atom stereocenters. The normalized spacial score (nSPS) is 13.1. The number of nitrogens with zero attached hydrogens (tertiary/aromatic N) is 4. The van der Waals surface area contributed by atoms with E-state index in [2.05, 4.69) is 4.98 Å². The molecule has 0 aliphatic carbocycles. The van der Waals surface area contributed by atoms with Crippen molar-refractivity contribution in [3.05, 3.63) is 93.2 Å². The maximum absolute atomic E-state index is 14.0. The highest BCUT2D eigenvalue weighted by atomic mass is 19.1. The summed E-state index contributed by atoms with van der Waals surface area (Å²) in [5.41, 5.74) is -0.785. The van der Waals surface area contributed by atoms with E-state index in [9.17, 15) is 28.3 Å². The maximum atomic E-state index is 14.0. The molecule has 2 aromatic heterocycles. The summed E-state index contributed by atoms with van der Waals surface area (Å²) in [5.74, 6) is -3.57. The number of ketones is 1. The van der Waals surface area contributed by atoms with Crippen LogP contribution < -0.4 is 10.4 Å². The van der Waals surface area contributed by atoms with E-state index in [0.717, 1.165) is 12.1 Å². The number of fused-ring (bicyclic) bond motifs is 1. The van der Waals surface area contributed by atoms with E-state index in [1.807, 2.05) is 13.0 Å². The number of hydrogen-bond donors (Lipinski definition) is 1. The molecule has 38 heavy (non-hydrogen) atoms. The zero-order valence-corrected chi connectivity index (χ0v) is 20.9. The molecule has 0 spiro atoms. The van der Waals surface area contributed by atoms with Crippen LogP contribution in [0.1, 0.15) is 51.9 Å². The van der Waals surface area contributed by atoms with Crippen molar-refractivity contribution in [2.75, 3.05) is 31.4 Å². The number of halogens is 2. The van der Waals surface area contributed by atoms with Crippen LogP contribution in [0.2, 0.25) is 0 Å². The van der Waals surface area contributed by atoms with Crippen LogP contribution in [0, 0.1) is 11.6 Å². The molecule has 11 heteroatoms. The van der Waals surface area contributed by atoms with Crippen molar-refractivity contribution < 1.29 is 28.2 Å². The van der Waals surface area contributed by atoms with Gasteiger partial charge in [-0.2, -0.15) is 0 Å². The van der Waals surface area contributed by atoms with Gasteiger partial charge in [-0.15, -0.1) is 0 Å². The van der Waals surface area contributed by atoms with Gasteiger partial charge < -0.3 is 14.7 Å². The molecule has 1 N–H and O–H groups in total. The van der Waals surface area contributed by atoms with Crippen LogP contribution in [0.4, 0.5) is 8.78 Å². The van der Waals surface area contributed by atoms with E-state index >= 15 is 0 Å². The molecule has 0 unspecified atom stereocenters. The third-order valence-electron chi connectivity index (χ3n) is 6.22. The van der Waals surface area contributed by atoms with Crippen molar-refractivity contribution >= 4 is 11.7 Å². The fourth-order valence-corrected chi connectivity index (χ4v) is 4.28. The minimum absolute atomic E-state index is 0.0723. The van der Waals surface area contributed by atoms with E-state index in [1.165, 1.54) is 21.8 Å². The number of rotatable bonds is 11. The second-order valence-electron chi connectivity index (χ2n) is 8.82. The molecule has 1 aliphatic heterocycles. The number of aryl methyl sites for hydroxylation is 1. The average Bonchev–Trinajstić information content (AvgIpc) is 2.90. The van der Waals surface area contributed by atoms with Crippen molar-refractivity contribution in [2.24, 2.45) is 0 Å². The zero-order chi connectivity index (χ0) is 27.2. The van der Waals surface area contributed by atoms with Crippen LogP contribution in [-0.4, -0.2) is 57.8 Å². The lowest BCUT2D eigenvalue weighted by molar-refractivity contribution is 0.0652. The van der Waals surface area contributed by atoms with E-state index in [1.54, 1.807) is 23.3 Å². The minimum atomic E-state index is -0.983. The molecule has 0 bridgehead atoms. The zero-order valence-electron chi connectivity index (χ0n) is 20.9. The predicted molar refractivity (Wildman–Crippen MR) is 135 cm³/mol. The van der Waals surface area contributed by atoms with Gasteiger partial charge >= 0.3 is 0 Å². The summed E-state index contributed by atoms with van der Waals surface area (Å²) in [4.78, 5) is 45.1. The highest BCUT2D eigenvalue weighted by molar-refractivity contribution is 6.00. The number of carbonyl (C=O) groups is 2. The third-order valence-corrected chi connectivity index (χ3v) is 6.22. The number of aromatic nitrogens is 2. The Balaban J connectivity index is 1.65. The van der Waals surface area contributed by atoms with Crippen molar-refractivity contribution in [3.8, 4) is 5.75 Å². The molecule has 1 aromatic carbocycles. The van der Waals surface area contributed by atoms with Crippen molar-refractivity contribution in [1.29, 1.82) is 0 Å². The largest absolute Gasteiger partial charge is 0.502 e. The number of ether oxygens (including phenoxy) is 1. The van der Waals surface area contributed by atoms with E-state index in [0.29, 0.717) is 31.9 Å². The van der Waals surface area contributed by atoms with E-state index in [4.69, 9.17) is 4.74 Å². The molecule has 3 heterocycles. The topological polar surface area (TPSA) is 105 Å². The number of amides is 1. The summed E-state index contributed by atoms with van der Waals surface area (Å²) in [7, 11) is 0. The van der Waals surface area contributed by atoms with Gasteiger partial charge in [0.1, 0.15) is 18.3 Å². The SMILES string of the molecule is CCOCCCN1CN(Cc2ccccn2)n2cc(C(=O)CCc3ccc(F)cc3F)c(=O)c(O)c2C1=O. The standard InChI is InChI=1S/C27H28F2N4O5/c1-2-38-13-5-12-31-17-32(15-20-6-3-4-11-30-20)33-16-21(25(35)26(36)24(33)27(31)37)23(34)10-8-18-7-9-19(28)14-22(18)29/h3-4,6-7,9,11,14,16,36H,2,5,8,10,12-13,15,17H2,1H3. The van der Waals surface area contributed by atoms with Gasteiger partial charge in [0, 0.05) is 44.6 Å². The molecular weight excluding hydrogens is 498 g/mol. The first-order valence-corrected chi connectivity index (χ1v) is 12.3. The summed E-state index contributed by atoms with van der Waals surface area (Å²) in [6, 6.07) is 8.42. The molecular formula is C27H28F2N4O5. The minimum Gasteiger partial charge on any atom is -0.502 e. The Kier molecular flexibility index (Phi) is 8.47. The molecule has 3 aromatic rings. The second kappa shape index (κ2) is 12.0. The van der Waals surface area contributed by atoms with Gasteiger partial charge in [-0.05, 0) is 43.5 Å². The summed E-state index contributed by atoms with van der Waals surface area (Å²) in [5, 5.41) is 12.5. The van der Waals surface area contributed by atoms with Gasteiger partial charge in [0.25, 0.3) is 5.91 Å². The van der Waals surface area contributed by atoms with Gasteiger partial charge in [0.05, 0.1) is 17.8 Å². The first kappa shape index (κ1) is 26.9. The number of pyridine rings is 2. The van der Waals surface area contributed by atoms with Crippen LogP contribution in [-0.2, 0) is 17.7 Å². The Labute approximate surface area is 217 Å². The Morgan fingerprint density at radius 1 is 1.18 bits per heavy atom. The Hall–Kier alpha value is -4.12. The number of hydrogen-bond acceptors (Lipinski definition) is 7. The van der Waals surface area contributed by atoms with Crippen molar-refractivity contribution in [2.45, 2.75) is 32.7 Å². The number of benzene rings is 1. The highest BCUT2D eigenvalue weighted by Gasteiger charge is 2.34. The smallest absolute Gasteiger partial charge is 0.277 e. The predicted octanol–water partition coefficient (Wildman–Crippen LogP) is 3.02. The van der Waals surface area contributed by atoms with Gasteiger partial charge in [0.15, 0.2) is 17.2 Å². The molecule has 0 radical (unpaired) electrons. The molecule has 0 saturated heterocycles. The van der Waals surface area contributed by atoms with Crippen LogP contribution in [0.5, 0.6) is 5.75 Å². The van der Waals surface area contributed by atoms with Crippen LogP contribution >= 0.6 is 0 Å². The van der Waals surface area contributed by atoms with Gasteiger partial charge in [-0.25, -0.2) is 8.78 Å². The summed E-state index contributed by atoms with van der Waals surface area (Å²) < 4.78 is 33.9. The maximum Gasteiger partial charge on any atom is 0.277 e. The van der Waals surface area contributed by atoms with Gasteiger partial charge in [-0.1, -0.05) is 12.1 Å². The van der Waals surface area contributed by atoms with Crippen LogP contribution in [0.15, 0.2) is 53.6 Å². The molecule has 1 amide bonds. The van der Waals surface area contributed by atoms with Gasteiger partial charge in [-0.3, -0.25) is 29.1 Å². The summed E-state index contributed by atoms with van der Waals surface area (Å²) >= 11 is 0. The highest BCUT2D eigenvalue weighted by Crippen LogP contribution is 2.23. The molecule has 9 nitrogen and oxygen atoms in total. The molecule has 4 rings (SSSR count). The molecule has 200 valence electrons. The number of aromatic hydroxyl groups is 1. The lowest BCUT2D eigenvalue weighted by Gasteiger charge is -2.39. The average molecular weight is 527 g/mol. The first-order valence-electron chi connectivity index (χ1n) is 12.3. The van der Waals surface area contributed by atoms with E-state index < -0.39 is 34.5 Å². The fourth-order valence-electron chi connectivity index (χ4n) is 4.28. The summed E-state index contributed by atoms with van der Waals surface area (Å²) in [6.45, 7) is 3.53. The molecule has 1 aliphatic rings. The third kappa shape index (κ3) is 5.88. The molecule has 0 saturated carbocycles. The summed E-state index contributed by atoms with van der Waals surface area (Å²) in [6.07, 6.45) is 3.08. The second-order valence-corrected chi connectivity index (χ2v) is 8.82. The van der Waals surface area contributed by atoms with Gasteiger partial charge in [0.2, 0.25) is 5.43 Å². The Morgan fingerprint density at radius 2 is 2.00 bits per heavy atom. The van der Waals surface area contributed by atoms with Crippen molar-refractivity contribution in [3.63, 3.8) is 0 Å². The first-order chi connectivity index (χ1) is 18.3. The monoisotopic (exact) mass is 526 g/mol. The Morgan fingerprint density at radius 3 is 2.71 bits per heavy atom. The lowest BCUT2D eigenvalue weighted by atomic mass is 10.0. The van der Waals surface area contributed by atoms with Crippen molar-refractivity contribution in [1.82, 2.24) is 14.6 Å². The number of carbonyl (C=O) groups excluding carboxylic acids is 2.